The van der Waals surface area contributed by atoms with Gasteiger partial charge < -0.3 is 14.2 Å². The van der Waals surface area contributed by atoms with Crippen molar-refractivity contribution in [2.24, 2.45) is 5.92 Å². The van der Waals surface area contributed by atoms with Gasteiger partial charge in [-0.1, -0.05) is 15.9 Å². The van der Waals surface area contributed by atoms with Gasteiger partial charge in [-0.05, 0) is 20.8 Å². The maximum Gasteiger partial charge on any atom is 0.312 e. The van der Waals surface area contributed by atoms with Crippen LogP contribution in [0, 0.1) is 5.92 Å². The van der Waals surface area contributed by atoms with Gasteiger partial charge in [-0.25, -0.2) is 0 Å². The lowest BCUT2D eigenvalue weighted by Gasteiger charge is -2.17. The zero-order valence-electron chi connectivity index (χ0n) is 10.8. The highest BCUT2D eigenvalue weighted by Crippen LogP contribution is 2.35. The van der Waals surface area contributed by atoms with E-state index in [1.54, 1.807) is 13.8 Å². The van der Waals surface area contributed by atoms with Crippen LogP contribution in [0.3, 0.4) is 0 Å². The van der Waals surface area contributed by atoms with E-state index in [2.05, 4.69) is 15.9 Å². The van der Waals surface area contributed by atoms with Gasteiger partial charge in [0, 0.05) is 0 Å². The Kier molecular flexibility index (Phi) is 6.08. The number of halogens is 1. The summed E-state index contributed by atoms with van der Waals surface area (Å²) < 4.78 is 15.5. The molecule has 1 fully saturated rings. The van der Waals surface area contributed by atoms with Gasteiger partial charge in [-0.3, -0.25) is 9.59 Å². The van der Waals surface area contributed by atoms with Gasteiger partial charge in [0.1, 0.15) is 0 Å². The fraction of sp³-hybridized carbons (Fsp3) is 0.833. The number of rotatable bonds is 5. The molecular weight excluding hydrogens is 304 g/mol. The molecule has 0 N–H and O–H groups in total. The molecule has 1 aliphatic rings. The number of hydrogen-bond donors (Lipinski definition) is 0. The number of carbonyl (C=O) groups is 2. The van der Waals surface area contributed by atoms with Crippen LogP contribution in [0.5, 0.6) is 0 Å². The molecule has 1 unspecified atom stereocenters. The predicted octanol–water partition coefficient (Wildman–Crippen LogP) is 1.67. The Bertz CT molecular complexity index is 307. The van der Waals surface area contributed by atoms with E-state index in [1.165, 1.54) is 0 Å². The molecule has 0 aromatic carbocycles. The van der Waals surface area contributed by atoms with Crippen LogP contribution in [-0.2, 0) is 23.8 Å². The molecule has 0 aromatic heterocycles. The molecule has 4 atom stereocenters. The number of hydrogen-bond acceptors (Lipinski definition) is 5. The van der Waals surface area contributed by atoms with E-state index >= 15 is 0 Å². The average Bonchev–Trinajstić information content (AvgIpc) is 2.55. The van der Waals surface area contributed by atoms with Gasteiger partial charge >= 0.3 is 11.9 Å². The predicted molar refractivity (Wildman–Crippen MR) is 68.4 cm³/mol. The van der Waals surface area contributed by atoms with E-state index in [0.29, 0.717) is 13.2 Å². The highest BCUT2D eigenvalue weighted by Gasteiger charge is 2.47. The Morgan fingerprint density at radius 2 is 1.83 bits per heavy atom. The van der Waals surface area contributed by atoms with Crippen molar-refractivity contribution in [1.29, 1.82) is 0 Å². The van der Waals surface area contributed by atoms with Crippen LogP contribution < -0.4 is 0 Å². The lowest BCUT2D eigenvalue weighted by molar-refractivity contribution is -0.152. The van der Waals surface area contributed by atoms with Gasteiger partial charge in [-0.2, -0.15) is 0 Å². The Morgan fingerprint density at radius 1 is 1.22 bits per heavy atom. The first kappa shape index (κ1) is 15.4. The average molecular weight is 323 g/mol. The minimum atomic E-state index is -0.484. The largest absolute Gasteiger partial charge is 0.466 e. The van der Waals surface area contributed by atoms with Gasteiger partial charge in [0.15, 0.2) is 0 Å². The first-order valence-corrected chi connectivity index (χ1v) is 7.04. The van der Waals surface area contributed by atoms with Crippen LogP contribution in [0.1, 0.15) is 27.2 Å². The standard InChI is InChI=1S/C12H19BrO5/c1-4-16-9(14)6-8-10(12(15)17-5-2)11(13)7(3)18-8/h7-8,10-11H,4-6H2,1-3H3/t7-,8+,10-,11?/m0/s1. The summed E-state index contributed by atoms with van der Waals surface area (Å²) in [7, 11) is 0. The summed E-state index contributed by atoms with van der Waals surface area (Å²) in [5.74, 6) is -1.16. The smallest absolute Gasteiger partial charge is 0.312 e. The normalized spacial score (nSPS) is 31.1. The fourth-order valence-corrected chi connectivity index (χ4v) is 2.69. The highest BCUT2D eigenvalue weighted by molar-refractivity contribution is 9.09. The molecule has 0 saturated carbocycles. The van der Waals surface area contributed by atoms with Crippen molar-refractivity contribution in [3.63, 3.8) is 0 Å². The third-order valence-corrected chi connectivity index (χ3v) is 4.13. The zero-order chi connectivity index (χ0) is 13.7. The number of esters is 2. The Hall–Kier alpha value is -0.620. The molecule has 1 aliphatic heterocycles. The van der Waals surface area contributed by atoms with Crippen LogP contribution in [0.15, 0.2) is 0 Å². The van der Waals surface area contributed by atoms with Crippen LogP contribution in [-0.4, -0.2) is 42.2 Å². The second-order valence-electron chi connectivity index (χ2n) is 4.11. The maximum absolute atomic E-state index is 11.9. The summed E-state index contributed by atoms with van der Waals surface area (Å²) in [4.78, 5) is 23.2. The van der Waals surface area contributed by atoms with E-state index in [0.717, 1.165) is 0 Å². The SMILES string of the molecule is CCOC(=O)C[C@H]1O[C@@H](C)C(Br)[C@H]1C(=O)OCC. The van der Waals surface area contributed by atoms with E-state index in [-0.39, 0.29) is 29.3 Å². The summed E-state index contributed by atoms with van der Waals surface area (Å²) in [6.45, 7) is 5.99. The molecule has 5 nitrogen and oxygen atoms in total. The van der Waals surface area contributed by atoms with Crippen molar-refractivity contribution >= 4 is 27.9 Å². The maximum atomic E-state index is 11.9. The molecular formula is C12H19BrO5. The minimum Gasteiger partial charge on any atom is -0.466 e. The fourth-order valence-electron chi connectivity index (χ4n) is 2.01. The molecule has 0 aliphatic carbocycles. The topological polar surface area (TPSA) is 61.8 Å². The molecule has 18 heavy (non-hydrogen) atoms. The first-order valence-electron chi connectivity index (χ1n) is 6.13. The second-order valence-corrected chi connectivity index (χ2v) is 5.17. The van der Waals surface area contributed by atoms with Gasteiger partial charge in [0.2, 0.25) is 0 Å². The molecule has 104 valence electrons. The molecule has 0 spiro atoms. The van der Waals surface area contributed by atoms with Crippen molar-refractivity contribution in [3.8, 4) is 0 Å². The van der Waals surface area contributed by atoms with Crippen molar-refractivity contribution in [2.75, 3.05) is 13.2 Å². The number of alkyl halides is 1. The Balaban J connectivity index is 2.69. The quantitative estimate of drug-likeness (QED) is 0.569. The van der Waals surface area contributed by atoms with Crippen LogP contribution >= 0.6 is 15.9 Å². The minimum absolute atomic E-state index is 0.0732. The summed E-state index contributed by atoms with van der Waals surface area (Å²) in [5.41, 5.74) is 0. The number of carbonyl (C=O) groups excluding carboxylic acids is 2. The zero-order valence-corrected chi connectivity index (χ0v) is 12.4. The first-order chi connectivity index (χ1) is 8.51. The lowest BCUT2D eigenvalue weighted by atomic mass is 9.97. The number of ether oxygens (including phenoxy) is 3. The van der Waals surface area contributed by atoms with Crippen molar-refractivity contribution in [3.05, 3.63) is 0 Å². The van der Waals surface area contributed by atoms with Crippen molar-refractivity contribution in [1.82, 2.24) is 0 Å². The third-order valence-electron chi connectivity index (χ3n) is 2.81. The molecule has 1 rings (SSSR count). The summed E-state index contributed by atoms with van der Waals surface area (Å²) in [6.07, 6.45) is -0.551. The monoisotopic (exact) mass is 322 g/mol. The van der Waals surface area contributed by atoms with Crippen molar-refractivity contribution < 1.29 is 23.8 Å². The lowest BCUT2D eigenvalue weighted by Crippen LogP contribution is -2.33. The van der Waals surface area contributed by atoms with E-state index < -0.39 is 12.0 Å². The van der Waals surface area contributed by atoms with Crippen LogP contribution in [0.2, 0.25) is 0 Å². The van der Waals surface area contributed by atoms with Gasteiger partial charge in [0.25, 0.3) is 0 Å². The molecule has 0 amide bonds. The van der Waals surface area contributed by atoms with Crippen LogP contribution in [0.25, 0.3) is 0 Å². The molecule has 1 heterocycles. The van der Waals surface area contributed by atoms with E-state index in [1.807, 2.05) is 6.92 Å². The van der Waals surface area contributed by atoms with Gasteiger partial charge in [0.05, 0.1) is 42.6 Å². The van der Waals surface area contributed by atoms with Gasteiger partial charge in [-0.15, -0.1) is 0 Å². The van der Waals surface area contributed by atoms with E-state index in [4.69, 9.17) is 14.2 Å². The summed E-state index contributed by atoms with van der Waals surface area (Å²) in [5, 5.41) is 0. The van der Waals surface area contributed by atoms with E-state index in [9.17, 15) is 9.59 Å². The summed E-state index contributed by atoms with van der Waals surface area (Å²) in [6, 6.07) is 0. The van der Waals surface area contributed by atoms with Crippen molar-refractivity contribution in [2.45, 2.75) is 44.2 Å². The highest BCUT2D eigenvalue weighted by atomic mass is 79.9. The Morgan fingerprint density at radius 3 is 2.39 bits per heavy atom. The molecule has 1 saturated heterocycles. The molecule has 0 aromatic rings. The second kappa shape index (κ2) is 7.09. The molecule has 0 radical (unpaired) electrons. The molecule has 0 bridgehead atoms. The molecule has 6 heteroatoms. The summed E-state index contributed by atoms with van der Waals surface area (Å²) >= 11 is 3.43. The van der Waals surface area contributed by atoms with Crippen LogP contribution in [0.4, 0.5) is 0 Å². The third kappa shape index (κ3) is 3.68. The Labute approximate surface area is 115 Å².